The first-order valence-electron chi connectivity index (χ1n) is 11.1. The lowest BCUT2D eigenvalue weighted by Gasteiger charge is -2.28. The zero-order chi connectivity index (χ0) is 25.8. The van der Waals surface area contributed by atoms with Gasteiger partial charge in [0.05, 0.1) is 17.6 Å². The topological polar surface area (TPSA) is 154 Å². The van der Waals surface area contributed by atoms with Gasteiger partial charge in [0, 0.05) is 28.7 Å². The summed E-state index contributed by atoms with van der Waals surface area (Å²) in [7, 11) is -3.53. The molecule has 1 unspecified atom stereocenters. The van der Waals surface area contributed by atoms with Crippen molar-refractivity contribution in [2.75, 3.05) is 16.4 Å². The van der Waals surface area contributed by atoms with Gasteiger partial charge in [0.15, 0.2) is 9.84 Å². The molecule has 0 bridgehead atoms. The number of rotatable bonds is 9. The maximum absolute atomic E-state index is 13.2. The molecule has 0 spiro atoms. The number of amidine groups is 1. The molecule has 12 heteroatoms. The fraction of sp³-hybridized carbons (Fsp3) is 0.208. The van der Waals surface area contributed by atoms with Crippen LogP contribution < -0.4 is 21.7 Å². The number of carbonyl (C=O) groups is 1. The fourth-order valence-corrected chi connectivity index (χ4v) is 5.84. The van der Waals surface area contributed by atoms with E-state index in [1.165, 1.54) is 18.3 Å². The fourth-order valence-electron chi connectivity index (χ4n) is 3.81. The van der Waals surface area contributed by atoms with Crippen molar-refractivity contribution in [3.8, 4) is 0 Å². The summed E-state index contributed by atoms with van der Waals surface area (Å²) < 4.78 is 25.4. The lowest BCUT2D eigenvalue weighted by Crippen LogP contribution is -2.39. The van der Waals surface area contributed by atoms with E-state index in [0.717, 1.165) is 5.56 Å². The number of benzene rings is 1. The maximum Gasteiger partial charge on any atom is 0.323 e. The van der Waals surface area contributed by atoms with Crippen LogP contribution in [0.15, 0.2) is 89.3 Å². The number of H-pyrrole nitrogens is 1. The molecule has 1 aliphatic heterocycles. The first-order chi connectivity index (χ1) is 17.2. The third-order valence-electron chi connectivity index (χ3n) is 5.76. The Kier molecular flexibility index (Phi) is 7.32. The lowest BCUT2D eigenvalue weighted by atomic mass is 10.1. The number of carbonyl (C=O) groups excluding carboxylic acids is 1. The molecule has 2 amide bonds. The van der Waals surface area contributed by atoms with Crippen LogP contribution in [0.4, 0.5) is 16.2 Å². The maximum atomic E-state index is 13.2. The third kappa shape index (κ3) is 5.69. The smallest absolute Gasteiger partial charge is 0.323 e. The Labute approximate surface area is 214 Å². The van der Waals surface area contributed by atoms with Gasteiger partial charge < -0.3 is 21.7 Å². The zero-order valence-electron chi connectivity index (χ0n) is 19.2. The molecule has 188 valence electrons. The van der Waals surface area contributed by atoms with Crippen LogP contribution >= 0.6 is 11.6 Å². The van der Waals surface area contributed by atoms with E-state index in [9.17, 15) is 13.2 Å². The Hall–Kier alpha value is -3.83. The molecule has 1 aromatic heterocycles. The summed E-state index contributed by atoms with van der Waals surface area (Å²) in [6.07, 6.45) is 11.2. The molecule has 10 nitrogen and oxygen atoms in total. The Morgan fingerprint density at radius 2 is 1.97 bits per heavy atom. The molecule has 2 aliphatic rings. The van der Waals surface area contributed by atoms with Crippen LogP contribution in [-0.2, 0) is 9.84 Å². The van der Waals surface area contributed by atoms with Gasteiger partial charge in [-0.1, -0.05) is 42.5 Å². The number of halogens is 1. The molecular formula is C24H26ClN7O3S. The Morgan fingerprint density at radius 3 is 2.61 bits per heavy atom. The summed E-state index contributed by atoms with van der Waals surface area (Å²) in [4.78, 5) is 16.5. The number of aromatic amines is 1. The molecule has 2 heterocycles. The van der Waals surface area contributed by atoms with Crippen LogP contribution in [0.3, 0.4) is 0 Å². The van der Waals surface area contributed by atoms with E-state index in [-0.39, 0.29) is 11.6 Å². The second-order valence-electron chi connectivity index (χ2n) is 8.31. The van der Waals surface area contributed by atoms with Gasteiger partial charge in [-0.25, -0.2) is 18.2 Å². The largest absolute Gasteiger partial charge is 0.384 e. The van der Waals surface area contributed by atoms with E-state index < -0.39 is 26.8 Å². The van der Waals surface area contributed by atoms with Crippen molar-refractivity contribution in [2.45, 2.75) is 23.8 Å². The summed E-state index contributed by atoms with van der Waals surface area (Å²) in [5.74, 6) is 0.0836. The number of nitrogens with two attached hydrogens (primary N) is 1. The van der Waals surface area contributed by atoms with Crippen molar-refractivity contribution >= 4 is 44.7 Å². The van der Waals surface area contributed by atoms with Gasteiger partial charge in [-0.15, -0.1) is 0 Å². The number of aliphatic imine (C=N–C) groups is 1. The van der Waals surface area contributed by atoms with Gasteiger partial charge in [-0.3, -0.25) is 5.10 Å². The molecule has 6 N–H and O–H groups in total. The Balaban J connectivity index is 1.43. The van der Waals surface area contributed by atoms with E-state index in [0.29, 0.717) is 34.9 Å². The van der Waals surface area contributed by atoms with Gasteiger partial charge >= 0.3 is 6.03 Å². The van der Waals surface area contributed by atoms with E-state index >= 15 is 0 Å². The van der Waals surface area contributed by atoms with Crippen molar-refractivity contribution in [3.63, 3.8) is 0 Å². The second kappa shape index (κ2) is 10.4. The van der Waals surface area contributed by atoms with Crippen LogP contribution in [-0.4, -0.2) is 41.0 Å². The van der Waals surface area contributed by atoms with Crippen LogP contribution in [0.25, 0.3) is 0 Å². The highest BCUT2D eigenvalue weighted by atomic mass is 35.5. The predicted octanol–water partition coefficient (Wildman–Crippen LogP) is 3.71. The molecule has 4 rings (SSSR count). The van der Waals surface area contributed by atoms with Crippen molar-refractivity contribution in [1.82, 2.24) is 15.5 Å². The second-order valence-corrected chi connectivity index (χ2v) is 11.1. The van der Waals surface area contributed by atoms with E-state index in [1.54, 1.807) is 48.7 Å². The number of urea groups is 1. The normalized spacial score (nSPS) is 19.1. The number of allylic oxidation sites excluding steroid dienone is 4. The number of nitrogens with zero attached hydrogens (tertiary/aromatic N) is 2. The van der Waals surface area contributed by atoms with Gasteiger partial charge in [-0.2, -0.15) is 5.10 Å². The summed E-state index contributed by atoms with van der Waals surface area (Å²) in [5, 5.41) is 15.4. The number of hydrogen-bond acceptors (Lipinski definition) is 7. The standard InChI is InChI=1S/C24H26ClN7O3S/c1-2-4-17(25)5-3-12-36(34,35)24(10-11-24)20-13-21(26)32-22(31-20)16-6-8-18(9-7-16)29-23(33)30-19-14-27-28-15-19/h2-9,13-15,22,31H,1,10-12H2,(H2,26,32)(H,27,28)(H2,29,30,33)/b5-3-,17-4+. The lowest BCUT2D eigenvalue weighted by molar-refractivity contribution is 0.262. The van der Waals surface area contributed by atoms with Gasteiger partial charge in [0.25, 0.3) is 0 Å². The highest BCUT2D eigenvalue weighted by Gasteiger charge is 2.57. The Bertz CT molecular complexity index is 1360. The summed E-state index contributed by atoms with van der Waals surface area (Å²) in [6, 6.07) is 6.61. The van der Waals surface area contributed by atoms with Gasteiger partial charge in [0.1, 0.15) is 16.7 Å². The SMILES string of the molecule is C=C/C=C(Cl)\C=C/CS(=O)(=O)C1(C2=CC(N)=NC(c3ccc(NC(=O)Nc4cn[nH]c4)cc3)N2)CC1. The predicted molar refractivity (Wildman–Crippen MR) is 142 cm³/mol. The molecule has 2 aromatic rings. The van der Waals surface area contributed by atoms with Crippen LogP contribution in [0.2, 0.25) is 0 Å². The monoisotopic (exact) mass is 527 g/mol. The van der Waals surface area contributed by atoms with Crippen molar-refractivity contribution in [3.05, 3.63) is 89.9 Å². The van der Waals surface area contributed by atoms with E-state index in [4.69, 9.17) is 17.3 Å². The minimum atomic E-state index is -3.53. The van der Waals surface area contributed by atoms with Crippen LogP contribution in [0, 0.1) is 0 Å². The first kappa shape index (κ1) is 25.3. The van der Waals surface area contributed by atoms with Crippen LogP contribution in [0.1, 0.15) is 24.6 Å². The van der Waals surface area contributed by atoms with E-state index in [2.05, 4.69) is 37.7 Å². The summed E-state index contributed by atoms with van der Waals surface area (Å²) in [5.41, 5.74) is 8.47. The molecule has 1 saturated carbocycles. The van der Waals surface area contributed by atoms with Crippen molar-refractivity contribution < 1.29 is 13.2 Å². The third-order valence-corrected chi connectivity index (χ3v) is 8.47. The molecular weight excluding hydrogens is 502 g/mol. The number of anilines is 2. The Morgan fingerprint density at radius 1 is 1.25 bits per heavy atom. The molecule has 1 aliphatic carbocycles. The number of nitrogens with one attached hydrogen (secondary N) is 4. The van der Waals surface area contributed by atoms with Gasteiger partial charge in [0.2, 0.25) is 0 Å². The summed E-state index contributed by atoms with van der Waals surface area (Å²) >= 11 is 5.99. The molecule has 1 fully saturated rings. The highest BCUT2D eigenvalue weighted by Crippen LogP contribution is 2.50. The zero-order valence-corrected chi connectivity index (χ0v) is 20.8. The summed E-state index contributed by atoms with van der Waals surface area (Å²) in [6.45, 7) is 3.56. The van der Waals surface area contributed by atoms with Crippen molar-refractivity contribution in [1.29, 1.82) is 0 Å². The molecule has 0 radical (unpaired) electrons. The molecule has 0 saturated heterocycles. The molecule has 1 atom stereocenters. The molecule has 36 heavy (non-hydrogen) atoms. The molecule has 1 aromatic carbocycles. The average Bonchev–Trinajstić information content (AvgIpc) is 3.51. The first-order valence-corrected chi connectivity index (χ1v) is 13.1. The van der Waals surface area contributed by atoms with Gasteiger partial charge in [-0.05, 0) is 42.7 Å². The minimum Gasteiger partial charge on any atom is -0.384 e. The minimum absolute atomic E-state index is 0.157. The van der Waals surface area contributed by atoms with Crippen molar-refractivity contribution in [2.24, 2.45) is 10.7 Å². The van der Waals surface area contributed by atoms with E-state index in [1.807, 2.05) is 0 Å². The highest BCUT2D eigenvalue weighted by molar-refractivity contribution is 7.93. The number of sulfone groups is 1. The number of amides is 2. The average molecular weight is 528 g/mol. The number of hydrogen-bond donors (Lipinski definition) is 5. The van der Waals surface area contributed by atoms with Crippen LogP contribution in [0.5, 0.6) is 0 Å². The quantitative estimate of drug-likeness (QED) is 0.313. The number of aromatic nitrogens is 2.